The van der Waals surface area contributed by atoms with Gasteiger partial charge in [0.2, 0.25) is 11.6 Å². The quantitative estimate of drug-likeness (QED) is 0.726. The smallest absolute Gasteiger partial charge is 0.233 e. The molecule has 5 heteroatoms. The third-order valence-corrected chi connectivity index (χ3v) is 3.35. The summed E-state index contributed by atoms with van der Waals surface area (Å²) in [5.74, 6) is 0.0293. The molecule has 0 aliphatic heterocycles. The van der Waals surface area contributed by atoms with E-state index >= 15 is 0 Å². The third kappa shape index (κ3) is 1.71. The van der Waals surface area contributed by atoms with Gasteiger partial charge in [-0.25, -0.2) is 0 Å². The zero-order valence-electron chi connectivity index (χ0n) is 11.6. The Morgan fingerprint density at radius 3 is 2.50 bits per heavy atom. The van der Waals surface area contributed by atoms with E-state index in [1.807, 2.05) is 38.1 Å². The van der Waals surface area contributed by atoms with Gasteiger partial charge in [-0.2, -0.15) is 9.78 Å². The molecule has 0 radical (unpaired) electrons. The molecule has 2 heterocycles. The number of nitrogens with two attached hydrogens (primary N) is 1. The molecule has 0 amide bonds. The minimum atomic E-state index is -0.118. The molecular formula is C15H15N3O2. The summed E-state index contributed by atoms with van der Waals surface area (Å²) in [6, 6.07) is 7.90. The first-order chi connectivity index (χ1) is 9.49. The van der Waals surface area contributed by atoms with Crippen LogP contribution in [0.3, 0.4) is 0 Å². The summed E-state index contributed by atoms with van der Waals surface area (Å²) < 4.78 is 7.23. The first-order valence-electron chi connectivity index (χ1n) is 6.34. The molecule has 0 aliphatic carbocycles. The van der Waals surface area contributed by atoms with Crippen molar-refractivity contribution in [2.45, 2.75) is 20.8 Å². The van der Waals surface area contributed by atoms with Gasteiger partial charge in [0.25, 0.3) is 0 Å². The molecule has 20 heavy (non-hydrogen) atoms. The fourth-order valence-corrected chi connectivity index (χ4v) is 2.38. The molecule has 0 unspecified atom stereocenters. The minimum Gasteiger partial charge on any atom is -0.422 e. The van der Waals surface area contributed by atoms with Crippen molar-refractivity contribution in [2.75, 3.05) is 5.73 Å². The number of Topliss-reactive ketones (excluding diaryl/α,β-unsaturated/α-hetero) is 1. The van der Waals surface area contributed by atoms with E-state index in [9.17, 15) is 4.79 Å². The van der Waals surface area contributed by atoms with E-state index in [0.717, 1.165) is 16.9 Å². The van der Waals surface area contributed by atoms with E-state index in [1.54, 1.807) is 4.68 Å². The highest BCUT2D eigenvalue weighted by Gasteiger charge is 2.23. The standard InChI is InChI=1S/C15H15N3O2/c1-8-4-6-11(7-5-8)18-15-12(9(2)17-18)13(10(3)19)14(16)20-15/h4-7H,16H2,1-3H3. The number of furan rings is 1. The number of aryl methyl sites for hydroxylation is 2. The fraction of sp³-hybridized carbons (Fsp3) is 0.200. The Balaban J connectivity index is 2.31. The van der Waals surface area contributed by atoms with Crippen LogP contribution >= 0.6 is 0 Å². The fourth-order valence-electron chi connectivity index (χ4n) is 2.38. The van der Waals surface area contributed by atoms with Crippen molar-refractivity contribution in [3.63, 3.8) is 0 Å². The molecule has 2 N–H and O–H groups in total. The Hall–Kier alpha value is -2.56. The number of aromatic nitrogens is 2. The van der Waals surface area contributed by atoms with E-state index < -0.39 is 0 Å². The maximum absolute atomic E-state index is 11.7. The van der Waals surface area contributed by atoms with Crippen LogP contribution < -0.4 is 5.73 Å². The van der Waals surface area contributed by atoms with Crippen molar-refractivity contribution in [1.82, 2.24) is 9.78 Å². The molecule has 102 valence electrons. The third-order valence-electron chi connectivity index (χ3n) is 3.35. The molecule has 0 fully saturated rings. The van der Waals surface area contributed by atoms with Crippen LogP contribution in [0.25, 0.3) is 16.8 Å². The highest BCUT2D eigenvalue weighted by atomic mass is 16.4. The molecule has 1 aromatic carbocycles. The lowest BCUT2D eigenvalue weighted by molar-refractivity contribution is 0.101. The van der Waals surface area contributed by atoms with Gasteiger partial charge in [-0.05, 0) is 32.9 Å². The van der Waals surface area contributed by atoms with Crippen LogP contribution in [0.4, 0.5) is 5.88 Å². The number of anilines is 1. The lowest BCUT2D eigenvalue weighted by Crippen LogP contribution is -1.97. The number of fused-ring (bicyclic) bond motifs is 1. The van der Waals surface area contributed by atoms with Crippen molar-refractivity contribution in [3.8, 4) is 5.69 Å². The Morgan fingerprint density at radius 1 is 1.25 bits per heavy atom. The molecule has 2 aromatic heterocycles. The van der Waals surface area contributed by atoms with Crippen LogP contribution in [-0.2, 0) is 0 Å². The van der Waals surface area contributed by atoms with Crippen molar-refractivity contribution in [2.24, 2.45) is 0 Å². The van der Waals surface area contributed by atoms with Crippen LogP contribution in [0.5, 0.6) is 0 Å². The number of nitrogens with zero attached hydrogens (tertiary/aromatic N) is 2. The van der Waals surface area contributed by atoms with Gasteiger partial charge < -0.3 is 10.2 Å². The Bertz CT molecular complexity index is 810. The average Bonchev–Trinajstić information content (AvgIpc) is 2.88. The van der Waals surface area contributed by atoms with Gasteiger partial charge >= 0.3 is 0 Å². The van der Waals surface area contributed by atoms with E-state index in [0.29, 0.717) is 16.7 Å². The number of ketones is 1. The summed E-state index contributed by atoms with van der Waals surface area (Å²) in [4.78, 5) is 11.7. The molecule has 0 spiro atoms. The summed E-state index contributed by atoms with van der Waals surface area (Å²) in [5, 5.41) is 5.14. The van der Waals surface area contributed by atoms with Crippen molar-refractivity contribution < 1.29 is 9.21 Å². The van der Waals surface area contributed by atoms with Gasteiger partial charge in [0, 0.05) is 0 Å². The Labute approximate surface area is 116 Å². The van der Waals surface area contributed by atoms with Crippen molar-refractivity contribution in [1.29, 1.82) is 0 Å². The van der Waals surface area contributed by atoms with Crippen molar-refractivity contribution >= 4 is 22.8 Å². The summed E-state index contributed by atoms with van der Waals surface area (Å²) in [7, 11) is 0. The minimum absolute atomic E-state index is 0.118. The van der Waals surface area contributed by atoms with E-state index in [1.165, 1.54) is 6.92 Å². The molecule has 0 aliphatic rings. The zero-order chi connectivity index (χ0) is 14.4. The van der Waals surface area contributed by atoms with Crippen LogP contribution in [0, 0.1) is 13.8 Å². The number of benzene rings is 1. The SMILES string of the molecule is CC(=O)c1c(N)oc2c1c(C)nn2-c1ccc(C)cc1. The molecule has 0 bridgehead atoms. The van der Waals surface area contributed by atoms with E-state index in [-0.39, 0.29) is 11.7 Å². The second kappa shape index (κ2) is 4.23. The second-order valence-electron chi connectivity index (χ2n) is 4.91. The van der Waals surface area contributed by atoms with Gasteiger partial charge in [-0.1, -0.05) is 17.7 Å². The molecule has 0 saturated heterocycles. The van der Waals surface area contributed by atoms with E-state index in [2.05, 4.69) is 5.10 Å². The first kappa shape index (κ1) is 12.5. The average molecular weight is 269 g/mol. The number of carbonyl (C=O) groups excluding carboxylic acids is 1. The topological polar surface area (TPSA) is 74.1 Å². The molecule has 3 rings (SSSR count). The molecule has 0 saturated carbocycles. The lowest BCUT2D eigenvalue weighted by Gasteiger charge is -2.01. The highest BCUT2D eigenvalue weighted by molar-refractivity contribution is 6.10. The zero-order valence-corrected chi connectivity index (χ0v) is 11.6. The molecule has 0 atom stereocenters. The van der Waals surface area contributed by atoms with Crippen molar-refractivity contribution in [3.05, 3.63) is 41.1 Å². The van der Waals surface area contributed by atoms with Crippen LogP contribution in [-0.4, -0.2) is 15.6 Å². The van der Waals surface area contributed by atoms with Crippen LogP contribution in [0.2, 0.25) is 0 Å². The summed E-state index contributed by atoms with van der Waals surface area (Å²) in [5.41, 5.74) is 9.50. The molecule has 5 nitrogen and oxygen atoms in total. The number of rotatable bonds is 2. The summed E-state index contributed by atoms with van der Waals surface area (Å²) >= 11 is 0. The van der Waals surface area contributed by atoms with E-state index in [4.69, 9.17) is 10.2 Å². The number of hydrogen-bond donors (Lipinski definition) is 1. The second-order valence-corrected chi connectivity index (χ2v) is 4.91. The largest absolute Gasteiger partial charge is 0.422 e. The van der Waals surface area contributed by atoms with Gasteiger partial charge in [0.1, 0.15) is 0 Å². The predicted molar refractivity (Wildman–Crippen MR) is 77.2 cm³/mol. The maximum atomic E-state index is 11.7. The first-order valence-corrected chi connectivity index (χ1v) is 6.34. The number of carbonyl (C=O) groups is 1. The van der Waals surface area contributed by atoms with Crippen LogP contribution in [0.15, 0.2) is 28.7 Å². The van der Waals surface area contributed by atoms with Gasteiger partial charge in [0.05, 0.1) is 22.3 Å². The summed E-state index contributed by atoms with van der Waals surface area (Å²) in [6.07, 6.45) is 0. The molecule has 3 aromatic rings. The maximum Gasteiger partial charge on any atom is 0.233 e. The van der Waals surface area contributed by atoms with Gasteiger partial charge in [-0.15, -0.1) is 0 Å². The highest BCUT2D eigenvalue weighted by Crippen LogP contribution is 2.32. The predicted octanol–water partition coefficient (Wildman–Crippen LogP) is 3.02. The normalized spacial score (nSPS) is 11.2. The Kier molecular flexibility index (Phi) is 2.64. The Morgan fingerprint density at radius 2 is 1.90 bits per heavy atom. The monoisotopic (exact) mass is 269 g/mol. The van der Waals surface area contributed by atoms with Gasteiger partial charge in [-0.3, -0.25) is 4.79 Å². The van der Waals surface area contributed by atoms with Crippen LogP contribution in [0.1, 0.15) is 28.5 Å². The van der Waals surface area contributed by atoms with Gasteiger partial charge in [0.15, 0.2) is 5.78 Å². The summed E-state index contributed by atoms with van der Waals surface area (Å²) in [6.45, 7) is 5.34. The molecular weight excluding hydrogens is 254 g/mol. The lowest BCUT2D eigenvalue weighted by atomic mass is 10.1. The number of hydrogen-bond acceptors (Lipinski definition) is 4. The number of nitrogen functional groups attached to an aromatic ring is 1.